The molecule has 0 aromatic carbocycles. The zero-order chi connectivity index (χ0) is 10.2. The predicted molar refractivity (Wildman–Crippen MR) is 44.8 cm³/mol. The van der Waals surface area contributed by atoms with Crippen molar-refractivity contribution in [3.63, 3.8) is 0 Å². The minimum Gasteiger partial charge on any atom is -0.348 e. The number of carbonyl (C=O) groups is 1. The number of hydrogen-bond donors (Lipinski definition) is 2. The molecule has 0 spiro atoms. The zero-order valence-electron chi connectivity index (χ0n) is 7.61. The highest BCUT2D eigenvalue weighted by atomic mass is 31.2. The standard InChI is InChI=1S/C6H14NO4P/c1-6(2,12(9,10)11)5(8)7(3)4/h1-4H3,(H2,9,10,11). The smallest absolute Gasteiger partial charge is 0.340 e. The van der Waals surface area contributed by atoms with Crippen molar-refractivity contribution in [3.05, 3.63) is 0 Å². The third-order valence-electron chi connectivity index (χ3n) is 1.66. The van der Waals surface area contributed by atoms with Gasteiger partial charge in [-0.05, 0) is 13.8 Å². The fourth-order valence-corrected chi connectivity index (χ4v) is 1.12. The molecule has 0 saturated heterocycles. The zero-order valence-corrected chi connectivity index (χ0v) is 8.50. The minimum absolute atomic E-state index is 0.573. The van der Waals surface area contributed by atoms with Crippen molar-refractivity contribution in [2.75, 3.05) is 14.1 Å². The topological polar surface area (TPSA) is 77.8 Å². The van der Waals surface area contributed by atoms with Crippen LogP contribution in [0.25, 0.3) is 0 Å². The van der Waals surface area contributed by atoms with Crippen LogP contribution in [0.3, 0.4) is 0 Å². The highest BCUT2D eigenvalue weighted by Crippen LogP contribution is 2.50. The molecule has 0 rings (SSSR count). The van der Waals surface area contributed by atoms with Crippen LogP contribution in [-0.2, 0) is 9.36 Å². The molecular formula is C6H14NO4P. The van der Waals surface area contributed by atoms with E-state index in [1.165, 1.54) is 32.8 Å². The van der Waals surface area contributed by atoms with Crippen LogP contribution in [0.15, 0.2) is 0 Å². The van der Waals surface area contributed by atoms with Gasteiger partial charge in [-0.1, -0.05) is 0 Å². The SMILES string of the molecule is CN(C)C(=O)C(C)(C)P(=O)(O)O. The van der Waals surface area contributed by atoms with E-state index in [2.05, 4.69) is 0 Å². The average molecular weight is 195 g/mol. The highest BCUT2D eigenvalue weighted by molar-refractivity contribution is 7.54. The van der Waals surface area contributed by atoms with E-state index in [1.54, 1.807) is 0 Å². The quantitative estimate of drug-likeness (QED) is 0.609. The van der Waals surface area contributed by atoms with Gasteiger partial charge < -0.3 is 14.7 Å². The molecule has 0 unspecified atom stereocenters. The molecule has 0 aromatic rings. The van der Waals surface area contributed by atoms with Gasteiger partial charge in [-0.2, -0.15) is 0 Å². The van der Waals surface area contributed by atoms with Gasteiger partial charge in [-0.25, -0.2) is 0 Å². The van der Waals surface area contributed by atoms with Crippen molar-refractivity contribution in [1.29, 1.82) is 0 Å². The third-order valence-corrected chi connectivity index (χ3v) is 3.31. The van der Waals surface area contributed by atoms with Gasteiger partial charge in [0.15, 0.2) is 0 Å². The van der Waals surface area contributed by atoms with Gasteiger partial charge in [0.05, 0.1) is 0 Å². The number of amides is 1. The Bertz CT molecular complexity index is 230. The Morgan fingerprint density at radius 2 is 1.67 bits per heavy atom. The summed E-state index contributed by atoms with van der Waals surface area (Å²) in [5.41, 5.74) is 0. The normalized spacial score (nSPS) is 12.8. The number of nitrogens with zero attached hydrogens (tertiary/aromatic N) is 1. The lowest BCUT2D eigenvalue weighted by atomic mass is 10.2. The largest absolute Gasteiger partial charge is 0.348 e. The van der Waals surface area contributed by atoms with Crippen LogP contribution in [0.2, 0.25) is 0 Å². The first-order chi connectivity index (χ1) is 5.10. The maximum absolute atomic E-state index is 11.2. The molecule has 0 aromatic heterocycles. The Balaban J connectivity index is 4.87. The first-order valence-corrected chi connectivity index (χ1v) is 4.99. The van der Waals surface area contributed by atoms with Crippen LogP contribution in [0.1, 0.15) is 13.8 Å². The second-order valence-corrected chi connectivity index (χ2v) is 5.51. The number of carbonyl (C=O) groups excluding carboxylic acids is 1. The average Bonchev–Trinajstić information content (AvgIpc) is 1.83. The van der Waals surface area contributed by atoms with Gasteiger partial charge in [0.1, 0.15) is 5.16 Å². The van der Waals surface area contributed by atoms with Crippen molar-refractivity contribution >= 4 is 13.5 Å². The number of rotatable bonds is 2. The van der Waals surface area contributed by atoms with Gasteiger partial charge in [0, 0.05) is 14.1 Å². The third kappa shape index (κ3) is 2.06. The maximum atomic E-state index is 11.2. The van der Waals surface area contributed by atoms with Crippen molar-refractivity contribution in [2.45, 2.75) is 19.0 Å². The summed E-state index contributed by atoms with van der Waals surface area (Å²) in [6.45, 7) is 2.46. The summed E-state index contributed by atoms with van der Waals surface area (Å²) in [6.07, 6.45) is 0. The van der Waals surface area contributed by atoms with Gasteiger partial charge in [0.2, 0.25) is 5.91 Å². The van der Waals surface area contributed by atoms with E-state index in [4.69, 9.17) is 9.79 Å². The van der Waals surface area contributed by atoms with Crippen molar-refractivity contribution in [3.8, 4) is 0 Å². The Hall–Kier alpha value is -0.380. The lowest BCUT2D eigenvalue weighted by molar-refractivity contribution is -0.131. The van der Waals surface area contributed by atoms with E-state index in [0.717, 1.165) is 0 Å². The fraction of sp³-hybridized carbons (Fsp3) is 0.833. The van der Waals surface area contributed by atoms with Crippen LogP contribution in [0, 0.1) is 0 Å². The second kappa shape index (κ2) is 3.17. The summed E-state index contributed by atoms with van der Waals surface area (Å²) in [4.78, 5) is 30.1. The monoisotopic (exact) mass is 195 g/mol. The maximum Gasteiger partial charge on any atom is 0.340 e. The minimum atomic E-state index is -4.37. The van der Waals surface area contributed by atoms with Crippen LogP contribution in [-0.4, -0.2) is 39.8 Å². The van der Waals surface area contributed by atoms with Crippen molar-refractivity contribution in [1.82, 2.24) is 4.90 Å². The van der Waals surface area contributed by atoms with Crippen LogP contribution in [0.5, 0.6) is 0 Å². The van der Waals surface area contributed by atoms with Crippen molar-refractivity contribution in [2.24, 2.45) is 0 Å². The van der Waals surface area contributed by atoms with Gasteiger partial charge >= 0.3 is 7.60 Å². The first-order valence-electron chi connectivity index (χ1n) is 3.38. The second-order valence-electron chi connectivity index (χ2n) is 3.30. The summed E-state index contributed by atoms with van der Waals surface area (Å²) < 4.78 is 10.8. The van der Waals surface area contributed by atoms with Crippen LogP contribution < -0.4 is 0 Å². The molecule has 0 aliphatic rings. The van der Waals surface area contributed by atoms with Crippen molar-refractivity contribution < 1.29 is 19.1 Å². The summed E-state index contributed by atoms with van der Waals surface area (Å²) in [7, 11) is -1.45. The van der Waals surface area contributed by atoms with Gasteiger partial charge in [-0.3, -0.25) is 9.36 Å². The molecule has 0 radical (unpaired) electrons. The molecule has 0 bridgehead atoms. The summed E-state index contributed by atoms with van der Waals surface area (Å²) in [6, 6.07) is 0. The molecule has 6 heteroatoms. The van der Waals surface area contributed by atoms with E-state index >= 15 is 0 Å². The molecule has 2 N–H and O–H groups in total. The van der Waals surface area contributed by atoms with E-state index < -0.39 is 18.7 Å². The first kappa shape index (κ1) is 11.6. The Morgan fingerprint density at radius 1 is 1.33 bits per heavy atom. The Kier molecular flexibility index (Phi) is 3.07. The molecule has 1 amide bonds. The highest BCUT2D eigenvalue weighted by Gasteiger charge is 2.45. The molecule has 72 valence electrons. The summed E-state index contributed by atoms with van der Waals surface area (Å²) in [5, 5.41) is -1.63. The van der Waals surface area contributed by atoms with E-state index in [0.29, 0.717) is 0 Å². The van der Waals surface area contributed by atoms with Gasteiger partial charge in [0.25, 0.3) is 0 Å². The molecule has 0 heterocycles. The lowest BCUT2D eigenvalue weighted by Crippen LogP contribution is -2.41. The molecule has 5 nitrogen and oxygen atoms in total. The van der Waals surface area contributed by atoms with Crippen LogP contribution in [0.4, 0.5) is 0 Å². The fourth-order valence-electron chi connectivity index (χ4n) is 0.672. The lowest BCUT2D eigenvalue weighted by Gasteiger charge is -2.27. The number of hydrogen-bond acceptors (Lipinski definition) is 2. The van der Waals surface area contributed by atoms with E-state index in [9.17, 15) is 9.36 Å². The summed E-state index contributed by atoms with van der Waals surface area (Å²) in [5.74, 6) is -0.573. The van der Waals surface area contributed by atoms with Gasteiger partial charge in [-0.15, -0.1) is 0 Å². The van der Waals surface area contributed by atoms with E-state index in [-0.39, 0.29) is 0 Å². The molecule has 0 aliphatic carbocycles. The Labute approximate surface area is 71.5 Å². The molecule has 12 heavy (non-hydrogen) atoms. The summed E-state index contributed by atoms with van der Waals surface area (Å²) >= 11 is 0. The molecule has 0 fully saturated rings. The predicted octanol–water partition coefficient (Wildman–Crippen LogP) is 0.0309. The van der Waals surface area contributed by atoms with Crippen LogP contribution >= 0.6 is 7.60 Å². The van der Waals surface area contributed by atoms with E-state index in [1.807, 2.05) is 0 Å². The molecule has 0 saturated carbocycles. The molecular weight excluding hydrogens is 181 g/mol. The Morgan fingerprint density at radius 3 is 1.75 bits per heavy atom. The molecule has 0 atom stereocenters. The molecule has 0 aliphatic heterocycles.